The third-order valence-corrected chi connectivity index (χ3v) is 5.77. The van der Waals surface area contributed by atoms with Crippen molar-refractivity contribution in [3.05, 3.63) is 39.0 Å². The number of nitrogens with one attached hydrogen (secondary N) is 2. The number of anilines is 2. The lowest BCUT2D eigenvalue weighted by Gasteiger charge is -2.36. The molecule has 162 valence electrons. The van der Waals surface area contributed by atoms with Crippen molar-refractivity contribution in [2.45, 2.75) is 45.3 Å². The van der Waals surface area contributed by atoms with E-state index < -0.39 is 23.4 Å². The molecular formula is C20H24BrFN4O3S. The Kier molecular flexibility index (Phi) is 6.97. The molecular weight excluding hydrogens is 475 g/mol. The number of nitrogens with zero attached hydrogens (tertiary/aromatic N) is 2. The number of piperidine rings is 1. The SMILES string of the molecule is CC(C)(C)OC(=O)N[C@@H]1CCCN(c2c(F)cccc2NC(=O)c2csc(Br)n2)C1. The molecule has 0 aliphatic carbocycles. The summed E-state index contributed by atoms with van der Waals surface area (Å²) in [4.78, 5) is 30.6. The average Bonchev–Trinajstić information content (AvgIpc) is 3.07. The number of halogens is 2. The summed E-state index contributed by atoms with van der Waals surface area (Å²) < 4.78 is 20.7. The first-order valence-electron chi connectivity index (χ1n) is 9.58. The molecule has 1 saturated heterocycles. The van der Waals surface area contributed by atoms with Crippen LogP contribution in [0.25, 0.3) is 0 Å². The molecule has 30 heavy (non-hydrogen) atoms. The van der Waals surface area contributed by atoms with E-state index in [0.29, 0.717) is 28.4 Å². The van der Waals surface area contributed by atoms with Gasteiger partial charge in [-0.3, -0.25) is 4.79 Å². The van der Waals surface area contributed by atoms with E-state index >= 15 is 0 Å². The fraction of sp³-hybridized carbons (Fsp3) is 0.450. The zero-order valence-corrected chi connectivity index (χ0v) is 19.4. The van der Waals surface area contributed by atoms with Crippen molar-refractivity contribution in [3.8, 4) is 0 Å². The van der Waals surface area contributed by atoms with Gasteiger partial charge in [-0.1, -0.05) is 6.07 Å². The Balaban J connectivity index is 1.74. The predicted octanol–water partition coefficient (Wildman–Crippen LogP) is 4.79. The highest BCUT2D eigenvalue weighted by Gasteiger charge is 2.27. The quantitative estimate of drug-likeness (QED) is 0.632. The number of amides is 2. The van der Waals surface area contributed by atoms with Crippen LogP contribution >= 0.6 is 27.3 Å². The van der Waals surface area contributed by atoms with Gasteiger partial charge in [-0.15, -0.1) is 11.3 Å². The van der Waals surface area contributed by atoms with Crippen molar-refractivity contribution in [2.75, 3.05) is 23.3 Å². The van der Waals surface area contributed by atoms with Crippen LogP contribution in [0.15, 0.2) is 27.5 Å². The van der Waals surface area contributed by atoms with Gasteiger partial charge in [0.2, 0.25) is 0 Å². The number of aromatic nitrogens is 1. The van der Waals surface area contributed by atoms with Crippen LogP contribution in [0.2, 0.25) is 0 Å². The number of ether oxygens (including phenoxy) is 1. The molecule has 2 amide bonds. The summed E-state index contributed by atoms with van der Waals surface area (Å²) >= 11 is 4.53. The van der Waals surface area contributed by atoms with Gasteiger partial charge in [-0.25, -0.2) is 14.2 Å². The van der Waals surface area contributed by atoms with Gasteiger partial charge in [0.25, 0.3) is 5.91 Å². The first-order valence-corrected chi connectivity index (χ1v) is 11.2. The van der Waals surface area contributed by atoms with Crippen LogP contribution < -0.4 is 15.5 Å². The Hall–Kier alpha value is -2.20. The second-order valence-corrected chi connectivity index (χ2v) is 10.1. The van der Waals surface area contributed by atoms with E-state index in [1.165, 1.54) is 17.4 Å². The van der Waals surface area contributed by atoms with E-state index in [1.807, 2.05) is 4.90 Å². The van der Waals surface area contributed by atoms with Crippen molar-refractivity contribution in [1.82, 2.24) is 10.3 Å². The molecule has 2 aromatic rings. The minimum absolute atomic E-state index is 0.189. The molecule has 2 heterocycles. The standard InChI is InChI=1S/C20H24BrFN4O3S/c1-20(2,3)29-19(28)23-12-6-5-9-26(10-12)16-13(22)7-4-8-14(16)24-17(27)15-11-30-18(21)25-15/h4,7-8,11-12H,5-6,9-10H2,1-3H3,(H,23,28)(H,24,27)/t12-/m1/s1. The number of carbonyl (C=O) groups is 2. The smallest absolute Gasteiger partial charge is 0.407 e. The maximum atomic E-state index is 14.8. The lowest BCUT2D eigenvalue weighted by Crippen LogP contribution is -2.49. The molecule has 1 aliphatic heterocycles. The highest BCUT2D eigenvalue weighted by Crippen LogP contribution is 2.32. The van der Waals surface area contributed by atoms with E-state index in [-0.39, 0.29) is 11.7 Å². The monoisotopic (exact) mass is 498 g/mol. The van der Waals surface area contributed by atoms with Crippen LogP contribution in [0.4, 0.5) is 20.6 Å². The Morgan fingerprint density at radius 2 is 2.13 bits per heavy atom. The topological polar surface area (TPSA) is 83.6 Å². The minimum Gasteiger partial charge on any atom is -0.444 e. The molecule has 2 N–H and O–H groups in total. The summed E-state index contributed by atoms with van der Waals surface area (Å²) in [6.07, 6.45) is 1.03. The lowest BCUT2D eigenvalue weighted by molar-refractivity contribution is 0.0500. The Morgan fingerprint density at radius 1 is 1.37 bits per heavy atom. The molecule has 1 aromatic heterocycles. The van der Waals surface area contributed by atoms with Crippen LogP contribution in [0.3, 0.4) is 0 Å². The highest BCUT2D eigenvalue weighted by molar-refractivity contribution is 9.11. The molecule has 0 radical (unpaired) electrons. The Labute approximate surface area is 187 Å². The van der Waals surface area contributed by atoms with E-state index in [4.69, 9.17) is 4.74 Å². The number of hydrogen-bond acceptors (Lipinski definition) is 6. The molecule has 1 atom stereocenters. The zero-order valence-electron chi connectivity index (χ0n) is 17.0. The number of benzene rings is 1. The zero-order chi connectivity index (χ0) is 21.9. The second kappa shape index (κ2) is 9.30. The van der Waals surface area contributed by atoms with Crippen LogP contribution in [0.1, 0.15) is 44.1 Å². The maximum Gasteiger partial charge on any atom is 0.407 e. The van der Waals surface area contributed by atoms with Crippen LogP contribution in [0, 0.1) is 5.82 Å². The number of alkyl carbamates (subject to hydrolysis) is 1. The molecule has 0 spiro atoms. The summed E-state index contributed by atoms with van der Waals surface area (Å²) in [5.74, 6) is -0.852. The molecule has 10 heteroatoms. The van der Waals surface area contributed by atoms with Crippen molar-refractivity contribution >= 4 is 50.6 Å². The second-order valence-electron chi connectivity index (χ2n) is 8.01. The first kappa shape index (κ1) is 22.5. The summed E-state index contributed by atoms with van der Waals surface area (Å²) in [7, 11) is 0. The molecule has 1 aliphatic rings. The van der Waals surface area contributed by atoms with Crippen LogP contribution in [0.5, 0.6) is 0 Å². The van der Waals surface area contributed by atoms with Gasteiger partial charge in [0.1, 0.15) is 17.1 Å². The fourth-order valence-electron chi connectivity index (χ4n) is 3.25. The van der Waals surface area contributed by atoms with Crippen molar-refractivity contribution < 1.29 is 18.7 Å². The van der Waals surface area contributed by atoms with E-state index in [2.05, 4.69) is 31.5 Å². The van der Waals surface area contributed by atoms with Gasteiger partial charge >= 0.3 is 6.09 Å². The molecule has 3 rings (SSSR count). The molecule has 1 fully saturated rings. The summed E-state index contributed by atoms with van der Waals surface area (Å²) in [5.41, 5.74) is 0.328. The van der Waals surface area contributed by atoms with Crippen molar-refractivity contribution in [1.29, 1.82) is 0 Å². The highest BCUT2D eigenvalue weighted by atomic mass is 79.9. The van der Waals surface area contributed by atoms with Gasteiger partial charge in [0.05, 0.1) is 11.4 Å². The van der Waals surface area contributed by atoms with Crippen molar-refractivity contribution in [2.24, 2.45) is 0 Å². The molecule has 0 bridgehead atoms. The number of carbonyl (C=O) groups excluding carboxylic acids is 2. The van der Waals surface area contributed by atoms with Gasteiger partial charge in [-0.2, -0.15) is 0 Å². The number of thiazole rings is 1. The molecule has 0 unspecified atom stereocenters. The average molecular weight is 499 g/mol. The third-order valence-electron chi connectivity index (χ3n) is 4.40. The number of hydrogen-bond donors (Lipinski definition) is 2. The normalized spacial score (nSPS) is 16.8. The fourth-order valence-corrected chi connectivity index (χ4v) is 4.24. The number of para-hydroxylation sites is 1. The van der Waals surface area contributed by atoms with E-state index in [0.717, 1.165) is 12.8 Å². The van der Waals surface area contributed by atoms with Crippen LogP contribution in [-0.4, -0.2) is 41.7 Å². The number of rotatable bonds is 4. The summed E-state index contributed by atoms with van der Waals surface area (Å²) in [6.45, 7) is 6.42. The molecule has 7 nitrogen and oxygen atoms in total. The predicted molar refractivity (Wildman–Crippen MR) is 119 cm³/mol. The summed E-state index contributed by atoms with van der Waals surface area (Å²) in [6, 6.07) is 4.37. The van der Waals surface area contributed by atoms with Gasteiger partial charge in [0.15, 0.2) is 3.92 Å². The third kappa shape index (κ3) is 5.91. The first-order chi connectivity index (χ1) is 14.1. The van der Waals surface area contributed by atoms with Gasteiger partial charge in [0, 0.05) is 24.5 Å². The maximum absolute atomic E-state index is 14.8. The van der Waals surface area contributed by atoms with E-state index in [9.17, 15) is 14.0 Å². The molecule has 0 saturated carbocycles. The minimum atomic E-state index is -0.591. The lowest BCUT2D eigenvalue weighted by atomic mass is 10.0. The Bertz CT molecular complexity index is 931. The van der Waals surface area contributed by atoms with E-state index in [1.54, 1.807) is 38.3 Å². The van der Waals surface area contributed by atoms with Gasteiger partial charge < -0.3 is 20.3 Å². The van der Waals surface area contributed by atoms with Crippen molar-refractivity contribution in [3.63, 3.8) is 0 Å². The molecule has 1 aromatic carbocycles. The summed E-state index contributed by atoms with van der Waals surface area (Å²) in [5, 5.41) is 7.24. The Morgan fingerprint density at radius 3 is 2.80 bits per heavy atom. The van der Waals surface area contributed by atoms with Crippen LogP contribution in [-0.2, 0) is 4.74 Å². The van der Waals surface area contributed by atoms with Gasteiger partial charge in [-0.05, 0) is 61.7 Å². The largest absolute Gasteiger partial charge is 0.444 e.